The molecule has 0 aromatic heterocycles. The first-order valence-corrected chi connectivity index (χ1v) is 5.63. The van der Waals surface area contributed by atoms with Gasteiger partial charge in [0.05, 0.1) is 0 Å². The zero-order valence-electron chi connectivity index (χ0n) is 9.29. The SMILES string of the molecule is CCCC=c1ccc(=CCCC)cc1. The van der Waals surface area contributed by atoms with Crippen LogP contribution in [0, 0.1) is 0 Å². The highest BCUT2D eigenvalue weighted by molar-refractivity contribution is 5.28. The van der Waals surface area contributed by atoms with E-state index < -0.39 is 0 Å². The Morgan fingerprint density at radius 2 is 1.14 bits per heavy atom. The van der Waals surface area contributed by atoms with Gasteiger partial charge < -0.3 is 0 Å². The van der Waals surface area contributed by atoms with Crippen LogP contribution in [0.1, 0.15) is 39.5 Å². The molecule has 0 unspecified atom stereocenters. The first kappa shape index (κ1) is 11.0. The van der Waals surface area contributed by atoms with Crippen LogP contribution in [0.3, 0.4) is 0 Å². The Morgan fingerprint density at radius 1 is 0.786 bits per heavy atom. The molecule has 0 radical (unpaired) electrons. The van der Waals surface area contributed by atoms with E-state index in [0.29, 0.717) is 0 Å². The van der Waals surface area contributed by atoms with Crippen molar-refractivity contribution < 1.29 is 0 Å². The molecule has 0 heteroatoms. The van der Waals surface area contributed by atoms with Crippen LogP contribution in [-0.4, -0.2) is 0 Å². The summed E-state index contributed by atoms with van der Waals surface area (Å²) in [5.41, 5.74) is 0. The number of hydrogen-bond donors (Lipinski definition) is 0. The summed E-state index contributed by atoms with van der Waals surface area (Å²) in [4.78, 5) is 0. The lowest BCUT2D eigenvalue weighted by atomic mass is 10.2. The van der Waals surface area contributed by atoms with Crippen molar-refractivity contribution in [1.29, 1.82) is 0 Å². The van der Waals surface area contributed by atoms with Crippen molar-refractivity contribution >= 4 is 12.2 Å². The third-order valence-corrected chi connectivity index (χ3v) is 2.27. The zero-order valence-corrected chi connectivity index (χ0v) is 9.29. The summed E-state index contributed by atoms with van der Waals surface area (Å²) >= 11 is 0. The van der Waals surface area contributed by atoms with Gasteiger partial charge in [-0.2, -0.15) is 0 Å². The lowest BCUT2D eigenvalue weighted by molar-refractivity contribution is 0.990. The second kappa shape index (κ2) is 6.42. The molecule has 1 rings (SSSR count). The van der Waals surface area contributed by atoms with Crippen LogP contribution in [0.15, 0.2) is 24.3 Å². The van der Waals surface area contributed by atoms with Gasteiger partial charge in [-0.25, -0.2) is 0 Å². The summed E-state index contributed by atoms with van der Waals surface area (Å²) in [6.07, 6.45) is 9.40. The Kier molecular flexibility index (Phi) is 5.06. The summed E-state index contributed by atoms with van der Waals surface area (Å²) in [6, 6.07) is 8.82. The van der Waals surface area contributed by atoms with Crippen LogP contribution in [-0.2, 0) is 0 Å². The molecule has 0 N–H and O–H groups in total. The highest BCUT2D eigenvalue weighted by Gasteiger charge is 1.80. The van der Waals surface area contributed by atoms with Crippen molar-refractivity contribution in [3.63, 3.8) is 0 Å². The fourth-order valence-corrected chi connectivity index (χ4v) is 1.39. The molecule has 0 heterocycles. The fourth-order valence-electron chi connectivity index (χ4n) is 1.39. The second-order valence-corrected chi connectivity index (χ2v) is 3.65. The highest BCUT2D eigenvalue weighted by atomic mass is 13.9. The number of rotatable bonds is 4. The molecule has 1 aromatic rings. The molecule has 76 valence electrons. The van der Waals surface area contributed by atoms with E-state index in [-0.39, 0.29) is 0 Å². The van der Waals surface area contributed by atoms with Gasteiger partial charge in [0, 0.05) is 0 Å². The fraction of sp³-hybridized carbons (Fsp3) is 0.429. The molecular formula is C14H20. The Bertz CT molecular complexity index is 300. The van der Waals surface area contributed by atoms with E-state index in [4.69, 9.17) is 0 Å². The average Bonchev–Trinajstić information content (AvgIpc) is 2.25. The van der Waals surface area contributed by atoms with E-state index >= 15 is 0 Å². The topological polar surface area (TPSA) is 0 Å². The maximum Gasteiger partial charge on any atom is -0.0296 e. The molecule has 0 aliphatic rings. The van der Waals surface area contributed by atoms with Crippen LogP contribution in [0.2, 0.25) is 0 Å². The molecule has 0 spiro atoms. The summed E-state index contributed by atoms with van der Waals surface area (Å²) < 4.78 is 0. The quantitative estimate of drug-likeness (QED) is 0.681. The van der Waals surface area contributed by atoms with E-state index in [1.54, 1.807) is 0 Å². The van der Waals surface area contributed by atoms with Gasteiger partial charge in [0.15, 0.2) is 0 Å². The minimum atomic E-state index is 1.18. The van der Waals surface area contributed by atoms with Crippen LogP contribution in [0.4, 0.5) is 0 Å². The molecular weight excluding hydrogens is 168 g/mol. The molecule has 0 saturated carbocycles. The van der Waals surface area contributed by atoms with E-state index in [9.17, 15) is 0 Å². The number of benzene rings is 1. The minimum Gasteiger partial charge on any atom is -0.0773 e. The van der Waals surface area contributed by atoms with Crippen molar-refractivity contribution in [2.45, 2.75) is 39.5 Å². The van der Waals surface area contributed by atoms with Crippen molar-refractivity contribution in [2.24, 2.45) is 0 Å². The molecule has 0 aliphatic carbocycles. The summed E-state index contributed by atoms with van der Waals surface area (Å²) in [5, 5.41) is 2.70. The standard InChI is InChI=1S/C14H20/c1-3-5-7-13-9-11-14(12-10-13)8-6-4-2/h7-12H,3-6H2,1-2H3. The van der Waals surface area contributed by atoms with E-state index in [2.05, 4.69) is 50.3 Å². The third kappa shape index (κ3) is 3.78. The van der Waals surface area contributed by atoms with Crippen LogP contribution >= 0.6 is 0 Å². The zero-order chi connectivity index (χ0) is 10.2. The van der Waals surface area contributed by atoms with Gasteiger partial charge in [-0.05, 0) is 23.3 Å². The van der Waals surface area contributed by atoms with Crippen LogP contribution < -0.4 is 10.4 Å². The van der Waals surface area contributed by atoms with Gasteiger partial charge in [-0.3, -0.25) is 0 Å². The van der Waals surface area contributed by atoms with Gasteiger partial charge in [0.1, 0.15) is 0 Å². The summed E-state index contributed by atoms with van der Waals surface area (Å²) in [5.74, 6) is 0. The molecule has 14 heavy (non-hydrogen) atoms. The normalized spacial score (nSPS) is 9.86. The maximum atomic E-state index is 2.30. The van der Waals surface area contributed by atoms with Crippen molar-refractivity contribution in [1.82, 2.24) is 0 Å². The Morgan fingerprint density at radius 3 is 1.43 bits per heavy atom. The van der Waals surface area contributed by atoms with E-state index in [1.165, 1.54) is 36.1 Å². The number of unbranched alkanes of at least 4 members (excludes halogenated alkanes) is 2. The van der Waals surface area contributed by atoms with Gasteiger partial charge in [-0.15, -0.1) is 0 Å². The minimum absolute atomic E-state index is 1.18. The largest absolute Gasteiger partial charge is 0.0773 e. The second-order valence-electron chi connectivity index (χ2n) is 3.65. The lowest BCUT2D eigenvalue weighted by Gasteiger charge is -1.89. The first-order valence-electron chi connectivity index (χ1n) is 5.63. The Balaban J connectivity index is 2.78. The van der Waals surface area contributed by atoms with E-state index in [1.807, 2.05) is 0 Å². The van der Waals surface area contributed by atoms with Crippen LogP contribution in [0.5, 0.6) is 0 Å². The van der Waals surface area contributed by atoms with Crippen molar-refractivity contribution in [3.05, 3.63) is 34.7 Å². The predicted octanol–water partition coefficient (Wildman–Crippen LogP) is 2.85. The van der Waals surface area contributed by atoms with E-state index in [0.717, 1.165) is 0 Å². The maximum absolute atomic E-state index is 2.30. The lowest BCUT2D eigenvalue weighted by Crippen LogP contribution is -2.06. The van der Waals surface area contributed by atoms with Gasteiger partial charge >= 0.3 is 0 Å². The van der Waals surface area contributed by atoms with Crippen LogP contribution in [0.25, 0.3) is 12.2 Å². The van der Waals surface area contributed by atoms with Gasteiger partial charge in [-0.1, -0.05) is 63.1 Å². The molecule has 0 nitrogen and oxygen atoms in total. The third-order valence-electron chi connectivity index (χ3n) is 2.27. The molecule has 0 atom stereocenters. The summed E-state index contributed by atoms with van der Waals surface area (Å²) in [7, 11) is 0. The molecule has 0 saturated heterocycles. The number of hydrogen-bond acceptors (Lipinski definition) is 0. The smallest absolute Gasteiger partial charge is 0.0296 e. The molecule has 1 aromatic carbocycles. The average molecular weight is 188 g/mol. The first-order chi connectivity index (χ1) is 6.86. The molecule has 0 bridgehead atoms. The Hall–Kier alpha value is -1.04. The predicted molar refractivity (Wildman–Crippen MR) is 64.4 cm³/mol. The van der Waals surface area contributed by atoms with Crippen molar-refractivity contribution in [3.8, 4) is 0 Å². The highest BCUT2D eigenvalue weighted by Crippen LogP contribution is 1.88. The molecule has 0 aliphatic heterocycles. The monoisotopic (exact) mass is 188 g/mol. The Labute approximate surface area is 87.0 Å². The molecule has 0 fully saturated rings. The van der Waals surface area contributed by atoms with Gasteiger partial charge in [0.2, 0.25) is 0 Å². The van der Waals surface area contributed by atoms with Gasteiger partial charge in [0.25, 0.3) is 0 Å². The summed E-state index contributed by atoms with van der Waals surface area (Å²) in [6.45, 7) is 4.42. The van der Waals surface area contributed by atoms with Crippen molar-refractivity contribution in [2.75, 3.05) is 0 Å². The molecule has 0 amide bonds.